The van der Waals surface area contributed by atoms with E-state index in [0.717, 1.165) is 42.2 Å². The Balaban J connectivity index is 1.63. The van der Waals surface area contributed by atoms with Crippen LogP contribution in [0.4, 0.5) is 4.39 Å². The van der Waals surface area contributed by atoms with Gasteiger partial charge in [0.1, 0.15) is 10.8 Å². The van der Waals surface area contributed by atoms with Crippen LogP contribution in [0.15, 0.2) is 29.6 Å². The van der Waals surface area contributed by atoms with Crippen LogP contribution in [-0.2, 0) is 16.0 Å². The van der Waals surface area contributed by atoms with Gasteiger partial charge in [0, 0.05) is 31.1 Å². The predicted octanol–water partition coefficient (Wildman–Crippen LogP) is 3.38. The highest BCUT2D eigenvalue weighted by Gasteiger charge is 2.24. The third-order valence-corrected chi connectivity index (χ3v) is 5.17. The first-order valence-corrected chi connectivity index (χ1v) is 9.00. The number of halogens is 1. The molecule has 6 heteroatoms. The molecule has 1 aliphatic heterocycles. The summed E-state index contributed by atoms with van der Waals surface area (Å²) in [7, 11) is 1.70. The summed E-state index contributed by atoms with van der Waals surface area (Å²) in [5, 5.41) is 2.63. The number of piperidine rings is 1. The Kier molecular flexibility index (Phi) is 5.58. The van der Waals surface area contributed by atoms with Gasteiger partial charge in [0.15, 0.2) is 0 Å². The molecule has 1 aromatic carbocycles. The number of rotatable bonds is 5. The Bertz CT molecular complexity index is 702. The molecule has 3 rings (SSSR count). The highest BCUT2D eigenvalue weighted by Crippen LogP contribution is 2.25. The predicted molar refractivity (Wildman–Crippen MR) is 92.4 cm³/mol. The van der Waals surface area contributed by atoms with E-state index in [1.54, 1.807) is 13.2 Å². The molecule has 0 saturated carbocycles. The smallest absolute Gasteiger partial charge is 0.228 e. The molecule has 1 aromatic heterocycles. The zero-order valence-electron chi connectivity index (χ0n) is 13.7. The minimum atomic E-state index is -0.280. The lowest BCUT2D eigenvalue weighted by molar-refractivity contribution is -0.132. The van der Waals surface area contributed by atoms with Crippen LogP contribution in [0.2, 0.25) is 0 Å². The van der Waals surface area contributed by atoms with Crippen molar-refractivity contribution in [1.82, 2.24) is 9.88 Å². The van der Waals surface area contributed by atoms with Crippen molar-refractivity contribution in [3.05, 3.63) is 41.2 Å². The maximum atomic E-state index is 13.3. The zero-order chi connectivity index (χ0) is 16.9. The summed E-state index contributed by atoms with van der Waals surface area (Å²) in [6.45, 7) is 2.26. The number of hydrogen-bond acceptors (Lipinski definition) is 4. The van der Waals surface area contributed by atoms with Gasteiger partial charge in [-0.1, -0.05) is 12.1 Å². The quantitative estimate of drug-likeness (QED) is 0.832. The fraction of sp³-hybridized carbons (Fsp3) is 0.444. The van der Waals surface area contributed by atoms with Gasteiger partial charge in [0.2, 0.25) is 5.91 Å². The fourth-order valence-electron chi connectivity index (χ4n) is 3.07. The number of hydrogen-bond donors (Lipinski definition) is 0. The Hall–Kier alpha value is -1.79. The van der Waals surface area contributed by atoms with Gasteiger partial charge in [-0.25, -0.2) is 9.37 Å². The van der Waals surface area contributed by atoms with E-state index in [1.165, 1.54) is 23.5 Å². The fourth-order valence-corrected chi connectivity index (χ4v) is 3.89. The average molecular weight is 348 g/mol. The van der Waals surface area contributed by atoms with Gasteiger partial charge in [-0.3, -0.25) is 4.79 Å². The van der Waals surface area contributed by atoms with Crippen LogP contribution < -0.4 is 0 Å². The summed E-state index contributed by atoms with van der Waals surface area (Å²) >= 11 is 1.44. The number of likely N-dealkylation sites (tertiary alicyclic amines) is 1. The number of aromatic nitrogens is 1. The number of ether oxygens (including phenoxy) is 1. The van der Waals surface area contributed by atoms with E-state index in [2.05, 4.69) is 4.98 Å². The van der Waals surface area contributed by atoms with Crippen molar-refractivity contribution in [3.8, 4) is 10.6 Å². The summed E-state index contributed by atoms with van der Waals surface area (Å²) in [4.78, 5) is 18.9. The van der Waals surface area contributed by atoms with Crippen LogP contribution in [0, 0.1) is 11.7 Å². The maximum absolute atomic E-state index is 13.3. The molecule has 2 heterocycles. The van der Waals surface area contributed by atoms with Crippen molar-refractivity contribution >= 4 is 17.2 Å². The molecule has 2 aromatic rings. The van der Waals surface area contributed by atoms with Gasteiger partial charge >= 0.3 is 0 Å². The molecule has 24 heavy (non-hydrogen) atoms. The average Bonchev–Trinajstić information content (AvgIpc) is 3.04. The van der Waals surface area contributed by atoms with Crippen molar-refractivity contribution in [2.45, 2.75) is 19.3 Å². The van der Waals surface area contributed by atoms with Gasteiger partial charge in [-0.2, -0.15) is 0 Å². The highest BCUT2D eigenvalue weighted by molar-refractivity contribution is 7.13. The normalized spacial score (nSPS) is 17.9. The molecule has 0 spiro atoms. The third-order valence-electron chi connectivity index (χ3n) is 4.23. The minimum Gasteiger partial charge on any atom is -0.384 e. The summed E-state index contributed by atoms with van der Waals surface area (Å²) in [6.07, 6.45) is 2.43. The van der Waals surface area contributed by atoms with E-state index >= 15 is 0 Å². The van der Waals surface area contributed by atoms with Crippen molar-refractivity contribution in [2.75, 3.05) is 26.8 Å². The SMILES string of the molecule is COCC1CCCN(C(=O)Cc2csc(-c3cccc(F)c3)n2)C1. The largest absolute Gasteiger partial charge is 0.384 e. The van der Waals surface area contributed by atoms with E-state index in [-0.39, 0.29) is 11.7 Å². The topological polar surface area (TPSA) is 42.4 Å². The van der Waals surface area contributed by atoms with Gasteiger partial charge in [0.25, 0.3) is 0 Å². The van der Waals surface area contributed by atoms with Gasteiger partial charge in [-0.05, 0) is 30.9 Å². The van der Waals surface area contributed by atoms with Crippen molar-refractivity contribution in [2.24, 2.45) is 5.92 Å². The number of benzene rings is 1. The van der Waals surface area contributed by atoms with E-state index in [0.29, 0.717) is 18.9 Å². The molecule has 1 unspecified atom stereocenters. The van der Waals surface area contributed by atoms with Crippen molar-refractivity contribution < 1.29 is 13.9 Å². The number of thiazole rings is 1. The van der Waals surface area contributed by atoms with Crippen LogP contribution >= 0.6 is 11.3 Å². The molecule has 1 fully saturated rings. The Morgan fingerprint density at radius 3 is 3.17 bits per heavy atom. The summed E-state index contributed by atoms with van der Waals surface area (Å²) in [5.41, 5.74) is 1.50. The molecule has 128 valence electrons. The zero-order valence-corrected chi connectivity index (χ0v) is 14.5. The first-order chi connectivity index (χ1) is 11.7. The minimum absolute atomic E-state index is 0.104. The van der Waals surface area contributed by atoms with Gasteiger partial charge in [0.05, 0.1) is 18.7 Å². The molecule has 0 N–H and O–H groups in total. The standard InChI is InChI=1S/C18H21FN2O2S/c1-23-11-13-4-3-7-21(10-13)17(22)9-16-12-24-18(20-16)14-5-2-6-15(19)8-14/h2,5-6,8,12-13H,3-4,7,9-11H2,1H3. The third kappa shape index (κ3) is 4.19. The number of methoxy groups -OCH3 is 1. The molecule has 0 aliphatic carbocycles. The Morgan fingerprint density at radius 2 is 2.38 bits per heavy atom. The molecule has 0 bridgehead atoms. The van der Waals surface area contributed by atoms with Crippen LogP contribution in [0.25, 0.3) is 10.6 Å². The maximum Gasteiger partial charge on any atom is 0.228 e. The first kappa shape index (κ1) is 17.0. The second-order valence-electron chi connectivity index (χ2n) is 6.13. The van der Waals surface area contributed by atoms with Crippen LogP contribution in [0.3, 0.4) is 0 Å². The number of carbonyl (C=O) groups is 1. The second-order valence-corrected chi connectivity index (χ2v) is 6.99. The number of nitrogens with zero attached hydrogens (tertiary/aromatic N) is 2. The van der Waals surface area contributed by atoms with Crippen LogP contribution in [-0.4, -0.2) is 42.6 Å². The summed E-state index contributed by atoms with van der Waals surface area (Å²) in [6, 6.07) is 6.37. The number of amides is 1. The lowest BCUT2D eigenvalue weighted by Crippen LogP contribution is -2.41. The van der Waals surface area contributed by atoms with Crippen molar-refractivity contribution in [1.29, 1.82) is 0 Å². The van der Waals surface area contributed by atoms with Gasteiger partial charge < -0.3 is 9.64 Å². The molecule has 0 radical (unpaired) electrons. The van der Waals surface area contributed by atoms with Crippen LogP contribution in [0.1, 0.15) is 18.5 Å². The molecule has 1 aliphatic rings. The van der Waals surface area contributed by atoms with E-state index in [9.17, 15) is 9.18 Å². The Labute approximate surface area is 145 Å². The Morgan fingerprint density at radius 1 is 1.50 bits per heavy atom. The molecule has 1 amide bonds. The lowest BCUT2D eigenvalue weighted by atomic mass is 9.98. The summed E-state index contributed by atoms with van der Waals surface area (Å²) < 4.78 is 18.5. The molecule has 4 nitrogen and oxygen atoms in total. The lowest BCUT2D eigenvalue weighted by Gasteiger charge is -2.32. The molecule has 1 saturated heterocycles. The second kappa shape index (κ2) is 7.85. The van der Waals surface area contributed by atoms with E-state index < -0.39 is 0 Å². The molecular weight excluding hydrogens is 327 g/mol. The first-order valence-electron chi connectivity index (χ1n) is 8.13. The number of carbonyl (C=O) groups excluding carboxylic acids is 1. The van der Waals surface area contributed by atoms with Crippen molar-refractivity contribution in [3.63, 3.8) is 0 Å². The van der Waals surface area contributed by atoms with E-state index in [4.69, 9.17) is 4.74 Å². The summed E-state index contributed by atoms with van der Waals surface area (Å²) in [5.74, 6) is 0.246. The molecule has 1 atom stereocenters. The highest BCUT2D eigenvalue weighted by atomic mass is 32.1. The van der Waals surface area contributed by atoms with Gasteiger partial charge in [-0.15, -0.1) is 11.3 Å². The van der Waals surface area contributed by atoms with Crippen LogP contribution in [0.5, 0.6) is 0 Å². The van der Waals surface area contributed by atoms with E-state index in [1.807, 2.05) is 16.3 Å². The molecular formula is C18H21FN2O2S. The monoisotopic (exact) mass is 348 g/mol.